The molecular weight excluding hydrogens is 382 g/mol. The summed E-state index contributed by atoms with van der Waals surface area (Å²) in [5, 5.41) is 3.38. The first-order chi connectivity index (χ1) is 12.2. The van der Waals surface area contributed by atoms with E-state index in [9.17, 15) is 0 Å². The molecule has 4 rings (SSSR count). The van der Waals surface area contributed by atoms with Crippen molar-refractivity contribution in [3.8, 4) is 0 Å². The number of morpholine rings is 1. The van der Waals surface area contributed by atoms with Gasteiger partial charge in [0.25, 0.3) is 0 Å². The summed E-state index contributed by atoms with van der Waals surface area (Å²) in [7, 11) is 0. The first-order valence-electron chi connectivity index (χ1n) is 8.68. The van der Waals surface area contributed by atoms with Crippen LogP contribution in [0.1, 0.15) is 24.5 Å². The number of rotatable bonds is 5. The number of ether oxygens (including phenoxy) is 1. The minimum Gasteiger partial charge on any atom is -0.370 e. The molecule has 1 aromatic carbocycles. The highest BCUT2D eigenvalue weighted by Crippen LogP contribution is 2.31. The maximum absolute atomic E-state index is 5.98. The van der Waals surface area contributed by atoms with E-state index in [1.54, 1.807) is 0 Å². The van der Waals surface area contributed by atoms with Crippen molar-refractivity contribution in [3.05, 3.63) is 40.4 Å². The zero-order chi connectivity index (χ0) is 17.2. The summed E-state index contributed by atoms with van der Waals surface area (Å²) < 4.78 is 7.05. The van der Waals surface area contributed by atoms with E-state index < -0.39 is 0 Å². The SMILES string of the molecule is Nc1nc(NCC2CC2)cc(N2CCOC(c3ccccc3Br)C2)n1. The lowest BCUT2D eigenvalue weighted by atomic mass is 10.1. The van der Waals surface area contributed by atoms with Crippen molar-refractivity contribution in [3.63, 3.8) is 0 Å². The molecule has 7 heteroatoms. The maximum Gasteiger partial charge on any atom is 0.223 e. The molecule has 6 nitrogen and oxygen atoms in total. The van der Waals surface area contributed by atoms with Crippen LogP contribution in [-0.2, 0) is 4.74 Å². The molecule has 1 aliphatic carbocycles. The van der Waals surface area contributed by atoms with E-state index in [1.165, 1.54) is 12.8 Å². The van der Waals surface area contributed by atoms with Crippen molar-refractivity contribution in [1.29, 1.82) is 0 Å². The normalized spacial score (nSPS) is 20.5. The summed E-state index contributed by atoms with van der Waals surface area (Å²) in [5.74, 6) is 2.74. The average molecular weight is 404 g/mol. The fourth-order valence-electron chi connectivity index (χ4n) is 3.06. The molecule has 1 aromatic heterocycles. The minimum atomic E-state index is 0.00314. The fraction of sp³-hybridized carbons (Fsp3) is 0.444. The molecule has 0 bridgehead atoms. The molecule has 0 radical (unpaired) electrons. The second-order valence-corrected chi connectivity index (χ2v) is 7.48. The molecule has 0 spiro atoms. The van der Waals surface area contributed by atoms with E-state index >= 15 is 0 Å². The van der Waals surface area contributed by atoms with Gasteiger partial charge < -0.3 is 20.7 Å². The van der Waals surface area contributed by atoms with Crippen LogP contribution in [-0.4, -0.2) is 36.2 Å². The van der Waals surface area contributed by atoms with Crippen molar-refractivity contribution >= 4 is 33.5 Å². The zero-order valence-corrected chi connectivity index (χ0v) is 15.6. The Hall–Kier alpha value is -1.86. The third-order valence-corrected chi connectivity index (χ3v) is 5.36. The van der Waals surface area contributed by atoms with Gasteiger partial charge in [0.2, 0.25) is 5.95 Å². The molecule has 2 heterocycles. The molecule has 2 aliphatic rings. The van der Waals surface area contributed by atoms with Gasteiger partial charge in [-0.2, -0.15) is 9.97 Å². The molecule has 1 saturated heterocycles. The molecule has 1 atom stereocenters. The largest absolute Gasteiger partial charge is 0.370 e. The Labute approximate surface area is 155 Å². The van der Waals surface area contributed by atoms with Gasteiger partial charge >= 0.3 is 0 Å². The van der Waals surface area contributed by atoms with Crippen LogP contribution in [0.5, 0.6) is 0 Å². The Kier molecular flexibility index (Phi) is 4.76. The fourth-order valence-corrected chi connectivity index (χ4v) is 3.60. The van der Waals surface area contributed by atoms with Crippen LogP contribution in [0.25, 0.3) is 0 Å². The number of hydrogen-bond donors (Lipinski definition) is 2. The molecule has 0 amide bonds. The molecule has 3 N–H and O–H groups in total. The molecule has 2 fully saturated rings. The Bertz CT molecular complexity index is 752. The average Bonchev–Trinajstić information content (AvgIpc) is 3.44. The molecule has 1 aliphatic heterocycles. The van der Waals surface area contributed by atoms with Gasteiger partial charge in [0.15, 0.2) is 0 Å². The number of hydrogen-bond acceptors (Lipinski definition) is 6. The number of nitrogens with one attached hydrogen (secondary N) is 1. The summed E-state index contributed by atoms with van der Waals surface area (Å²) in [6.45, 7) is 3.14. The van der Waals surface area contributed by atoms with Gasteiger partial charge in [0, 0.05) is 30.2 Å². The summed E-state index contributed by atoms with van der Waals surface area (Å²) in [4.78, 5) is 11.0. The summed E-state index contributed by atoms with van der Waals surface area (Å²) >= 11 is 3.62. The maximum atomic E-state index is 5.98. The quantitative estimate of drug-likeness (QED) is 0.797. The van der Waals surface area contributed by atoms with Crippen LogP contribution in [0.15, 0.2) is 34.8 Å². The van der Waals surface area contributed by atoms with Gasteiger partial charge in [0.05, 0.1) is 6.61 Å². The Morgan fingerprint density at radius 1 is 1.28 bits per heavy atom. The van der Waals surface area contributed by atoms with Crippen LogP contribution in [0.4, 0.5) is 17.6 Å². The molecule has 2 aromatic rings. The lowest BCUT2D eigenvalue weighted by Crippen LogP contribution is -2.39. The summed E-state index contributed by atoms with van der Waals surface area (Å²) in [6, 6.07) is 10.2. The number of nitrogens with zero attached hydrogens (tertiary/aromatic N) is 3. The molecule has 132 valence electrons. The molecule has 25 heavy (non-hydrogen) atoms. The van der Waals surface area contributed by atoms with Crippen molar-refractivity contribution in [2.75, 3.05) is 42.2 Å². The number of nitrogens with two attached hydrogens (primary N) is 1. The Morgan fingerprint density at radius 2 is 2.12 bits per heavy atom. The highest BCUT2D eigenvalue weighted by atomic mass is 79.9. The summed E-state index contributed by atoms with van der Waals surface area (Å²) in [6.07, 6.45) is 2.61. The van der Waals surface area contributed by atoms with Gasteiger partial charge in [-0.3, -0.25) is 0 Å². The molecule has 1 saturated carbocycles. The third kappa shape index (κ3) is 4.04. The molecule has 1 unspecified atom stereocenters. The number of aromatic nitrogens is 2. The van der Waals surface area contributed by atoms with Gasteiger partial charge in [0.1, 0.15) is 17.7 Å². The first kappa shape index (κ1) is 16.6. The topological polar surface area (TPSA) is 76.3 Å². The Morgan fingerprint density at radius 3 is 2.92 bits per heavy atom. The zero-order valence-electron chi connectivity index (χ0n) is 14.0. The van der Waals surface area contributed by atoms with E-state index in [0.717, 1.165) is 47.2 Å². The predicted molar refractivity (Wildman–Crippen MR) is 103 cm³/mol. The van der Waals surface area contributed by atoms with Gasteiger partial charge in [-0.25, -0.2) is 0 Å². The number of anilines is 3. The summed E-state index contributed by atoms with van der Waals surface area (Å²) in [5.41, 5.74) is 7.08. The van der Waals surface area contributed by atoms with Gasteiger partial charge in [-0.15, -0.1) is 0 Å². The number of halogens is 1. The van der Waals surface area contributed by atoms with Crippen molar-refractivity contribution in [2.24, 2.45) is 5.92 Å². The molecular formula is C18H22BrN5O. The second kappa shape index (κ2) is 7.17. The van der Waals surface area contributed by atoms with Crippen molar-refractivity contribution in [1.82, 2.24) is 9.97 Å². The van der Waals surface area contributed by atoms with Crippen molar-refractivity contribution < 1.29 is 4.74 Å². The van der Waals surface area contributed by atoms with Crippen LogP contribution >= 0.6 is 15.9 Å². The standard InChI is InChI=1S/C18H22BrN5O/c19-14-4-2-1-3-13(14)15-11-24(7-8-25-15)17-9-16(22-18(20)23-17)21-10-12-5-6-12/h1-4,9,12,15H,5-8,10-11H2,(H3,20,21,22,23). The first-order valence-corrected chi connectivity index (χ1v) is 9.48. The minimum absolute atomic E-state index is 0.00314. The van der Waals surface area contributed by atoms with E-state index in [4.69, 9.17) is 10.5 Å². The monoisotopic (exact) mass is 403 g/mol. The van der Waals surface area contributed by atoms with Crippen LogP contribution < -0.4 is 16.0 Å². The second-order valence-electron chi connectivity index (χ2n) is 6.62. The lowest BCUT2D eigenvalue weighted by Gasteiger charge is -2.34. The number of benzene rings is 1. The van der Waals surface area contributed by atoms with Crippen LogP contribution in [0.2, 0.25) is 0 Å². The highest BCUT2D eigenvalue weighted by Gasteiger charge is 2.25. The smallest absolute Gasteiger partial charge is 0.223 e. The van der Waals surface area contributed by atoms with Crippen LogP contribution in [0, 0.1) is 5.92 Å². The van der Waals surface area contributed by atoms with Gasteiger partial charge in [-0.1, -0.05) is 34.1 Å². The van der Waals surface area contributed by atoms with Crippen molar-refractivity contribution in [2.45, 2.75) is 18.9 Å². The van der Waals surface area contributed by atoms with E-state index in [1.807, 2.05) is 24.3 Å². The third-order valence-electron chi connectivity index (χ3n) is 4.64. The lowest BCUT2D eigenvalue weighted by molar-refractivity contribution is 0.0391. The van der Waals surface area contributed by atoms with E-state index in [-0.39, 0.29) is 6.10 Å². The predicted octanol–water partition coefficient (Wildman–Crippen LogP) is 3.22. The van der Waals surface area contributed by atoms with E-state index in [0.29, 0.717) is 12.6 Å². The van der Waals surface area contributed by atoms with Crippen LogP contribution in [0.3, 0.4) is 0 Å². The van der Waals surface area contributed by atoms with E-state index in [2.05, 4.69) is 42.2 Å². The number of nitrogen functional groups attached to an aromatic ring is 1. The Balaban J connectivity index is 1.51. The van der Waals surface area contributed by atoms with Gasteiger partial charge in [-0.05, 0) is 30.4 Å². The highest BCUT2D eigenvalue weighted by molar-refractivity contribution is 9.10.